The Bertz CT molecular complexity index is 1050. The Morgan fingerprint density at radius 1 is 1.08 bits per heavy atom. The van der Waals surface area contributed by atoms with Crippen molar-refractivity contribution in [2.45, 2.75) is 82.5 Å². The zero-order chi connectivity index (χ0) is 27.0. The molecule has 3 heterocycles. The highest BCUT2D eigenvalue weighted by atomic mass is 32.2. The zero-order valence-electron chi connectivity index (χ0n) is 22.6. The van der Waals surface area contributed by atoms with E-state index in [-0.39, 0.29) is 29.5 Å². The van der Waals surface area contributed by atoms with Crippen molar-refractivity contribution in [3.8, 4) is 5.75 Å². The Morgan fingerprint density at radius 3 is 2.58 bits per heavy atom. The van der Waals surface area contributed by atoms with E-state index in [1.165, 1.54) is 11.8 Å². The van der Waals surface area contributed by atoms with Gasteiger partial charge in [-0.3, -0.25) is 4.79 Å². The fraction of sp³-hybridized carbons (Fsp3) is 0.533. The van der Waals surface area contributed by atoms with Crippen LogP contribution in [0.4, 0.5) is 4.79 Å². The minimum atomic E-state index is -1.07. The van der Waals surface area contributed by atoms with Crippen molar-refractivity contribution in [3.05, 3.63) is 65.8 Å². The molecule has 2 saturated heterocycles. The van der Waals surface area contributed by atoms with Gasteiger partial charge in [0.05, 0.1) is 19.3 Å². The van der Waals surface area contributed by atoms with Gasteiger partial charge in [-0.1, -0.05) is 53.8 Å². The number of amides is 1. The summed E-state index contributed by atoms with van der Waals surface area (Å²) >= 11 is 1.28. The molecule has 3 aliphatic rings. The molecule has 0 saturated carbocycles. The highest BCUT2D eigenvalue weighted by Gasteiger charge is 2.54. The summed E-state index contributed by atoms with van der Waals surface area (Å²) in [5.74, 6) is -0.0850. The van der Waals surface area contributed by atoms with Gasteiger partial charge in [0.25, 0.3) is 5.24 Å². The van der Waals surface area contributed by atoms with Gasteiger partial charge in [0.15, 0.2) is 5.79 Å². The van der Waals surface area contributed by atoms with Gasteiger partial charge in [0, 0.05) is 38.3 Å². The standard InChI is InChI=1S/C30H39NO6S/c1-22-11-9-7-5-4-6-8-10-12-25-18-26(36-28(32)17-22)19-30(35-3,37-25)27-21-38-29(33)31(27)20-23-13-15-24(34-2)16-14-23/h4-7,13-17,25-27H,8-12,18-21H2,1-3H3/t25-,26-,27?,30-/m1/s1. The van der Waals surface area contributed by atoms with Gasteiger partial charge in [0.2, 0.25) is 0 Å². The fourth-order valence-electron chi connectivity index (χ4n) is 5.33. The van der Waals surface area contributed by atoms with E-state index in [0.29, 0.717) is 25.1 Å². The number of benzene rings is 1. The van der Waals surface area contributed by atoms with Gasteiger partial charge in [-0.2, -0.15) is 0 Å². The van der Waals surface area contributed by atoms with Gasteiger partial charge in [0.1, 0.15) is 11.9 Å². The predicted molar refractivity (Wildman–Crippen MR) is 149 cm³/mol. The number of hydrogen-bond acceptors (Lipinski definition) is 7. The Morgan fingerprint density at radius 2 is 1.84 bits per heavy atom. The molecule has 3 aliphatic heterocycles. The summed E-state index contributed by atoms with van der Waals surface area (Å²) < 4.78 is 24.1. The number of hydrogen-bond donors (Lipinski definition) is 0. The SMILES string of the molecule is COc1ccc(CN2C(=O)SCC2[C@@]2(OC)C[C@H]3C[C@@H](CCCC=CC=CCCC(C)=CC(=O)O3)O2)cc1. The molecule has 1 aromatic carbocycles. The maximum Gasteiger partial charge on any atom is 0.330 e. The summed E-state index contributed by atoms with van der Waals surface area (Å²) in [4.78, 5) is 27.7. The van der Waals surface area contributed by atoms with Crippen LogP contribution in [0.1, 0.15) is 57.4 Å². The molecule has 0 radical (unpaired) electrons. The van der Waals surface area contributed by atoms with Crippen LogP contribution in [0, 0.1) is 0 Å². The quantitative estimate of drug-likeness (QED) is 0.412. The average Bonchev–Trinajstić information content (AvgIpc) is 3.27. The van der Waals surface area contributed by atoms with Gasteiger partial charge in [-0.25, -0.2) is 4.79 Å². The molecule has 7 nitrogen and oxygen atoms in total. The van der Waals surface area contributed by atoms with E-state index < -0.39 is 5.79 Å². The highest BCUT2D eigenvalue weighted by molar-refractivity contribution is 8.13. The number of allylic oxidation sites excluding steroid dienone is 5. The van der Waals surface area contributed by atoms with Crippen LogP contribution >= 0.6 is 11.8 Å². The number of nitrogens with zero attached hydrogens (tertiary/aromatic N) is 1. The van der Waals surface area contributed by atoms with E-state index in [1.54, 1.807) is 20.3 Å². The Labute approximate surface area is 230 Å². The van der Waals surface area contributed by atoms with Crippen LogP contribution in [0.15, 0.2) is 60.2 Å². The minimum Gasteiger partial charge on any atom is -0.497 e. The summed E-state index contributed by atoms with van der Waals surface area (Å²) in [6.07, 6.45) is 14.9. The van der Waals surface area contributed by atoms with Crippen molar-refractivity contribution in [1.82, 2.24) is 4.90 Å². The molecule has 4 atom stereocenters. The molecule has 4 rings (SSSR count). The fourth-order valence-corrected chi connectivity index (χ4v) is 6.43. The zero-order valence-corrected chi connectivity index (χ0v) is 23.4. The topological polar surface area (TPSA) is 74.3 Å². The molecule has 2 bridgehead atoms. The Balaban J connectivity index is 1.57. The number of ether oxygens (including phenoxy) is 4. The molecule has 38 heavy (non-hydrogen) atoms. The van der Waals surface area contributed by atoms with Crippen LogP contribution in [-0.4, -0.2) is 60.1 Å². The van der Waals surface area contributed by atoms with E-state index in [1.807, 2.05) is 36.1 Å². The van der Waals surface area contributed by atoms with Crippen LogP contribution in [0.25, 0.3) is 0 Å². The molecular weight excluding hydrogens is 502 g/mol. The lowest BCUT2D eigenvalue weighted by molar-refractivity contribution is -0.305. The third-order valence-corrected chi connectivity index (χ3v) is 8.34. The smallest absolute Gasteiger partial charge is 0.330 e. The maximum atomic E-state index is 13.0. The second kappa shape index (κ2) is 13.5. The third kappa shape index (κ3) is 7.30. The molecule has 0 N–H and O–H groups in total. The monoisotopic (exact) mass is 541 g/mol. The molecule has 0 spiro atoms. The van der Waals surface area contributed by atoms with Crippen molar-refractivity contribution in [2.24, 2.45) is 0 Å². The number of carbonyl (C=O) groups excluding carboxylic acids is 2. The second-order valence-electron chi connectivity index (χ2n) is 10.1. The molecule has 1 unspecified atom stereocenters. The molecular formula is C30H39NO6S. The van der Waals surface area contributed by atoms with E-state index in [2.05, 4.69) is 24.3 Å². The number of methoxy groups -OCH3 is 2. The van der Waals surface area contributed by atoms with Gasteiger partial charge in [-0.15, -0.1) is 0 Å². The largest absolute Gasteiger partial charge is 0.497 e. The molecule has 0 aliphatic carbocycles. The Kier molecular flexibility index (Phi) is 10.1. The molecule has 2 fully saturated rings. The molecule has 8 heteroatoms. The van der Waals surface area contributed by atoms with Gasteiger partial charge in [-0.05, 0) is 56.7 Å². The number of esters is 1. The highest BCUT2D eigenvalue weighted by Crippen LogP contribution is 2.43. The summed E-state index contributed by atoms with van der Waals surface area (Å²) in [5.41, 5.74) is 1.98. The normalized spacial score (nSPS) is 29.2. The lowest BCUT2D eigenvalue weighted by Gasteiger charge is -2.48. The number of carbonyl (C=O) groups is 2. The predicted octanol–water partition coefficient (Wildman–Crippen LogP) is 6.19. The number of fused-ring (bicyclic) bond motifs is 2. The van der Waals surface area contributed by atoms with Crippen molar-refractivity contribution in [3.63, 3.8) is 0 Å². The first kappa shape index (κ1) is 28.5. The third-order valence-electron chi connectivity index (χ3n) is 7.38. The summed E-state index contributed by atoms with van der Waals surface area (Å²) in [7, 11) is 3.26. The van der Waals surface area contributed by atoms with E-state index >= 15 is 0 Å². The maximum absolute atomic E-state index is 13.0. The van der Waals surface area contributed by atoms with Crippen LogP contribution in [0.2, 0.25) is 0 Å². The average molecular weight is 542 g/mol. The molecule has 206 valence electrons. The first-order valence-electron chi connectivity index (χ1n) is 13.4. The van der Waals surface area contributed by atoms with Crippen molar-refractivity contribution >= 4 is 23.0 Å². The first-order chi connectivity index (χ1) is 18.4. The summed E-state index contributed by atoms with van der Waals surface area (Å²) in [6.45, 7) is 2.39. The van der Waals surface area contributed by atoms with Crippen LogP contribution in [0.3, 0.4) is 0 Å². The first-order valence-corrected chi connectivity index (χ1v) is 14.4. The molecule has 1 amide bonds. The van der Waals surface area contributed by atoms with Crippen molar-refractivity contribution in [2.75, 3.05) is 20.0 Å². The number of rotatable bonds is 5. The van der Waals surface area contributed by atoms with E-state index in [9.17, 15) is 9.59 Å². The van der Waals surface area contributed by atoms with Crippen molar-refractivity contribution < 1.29 is 28.5 Å². The minimum absolute atomic E-state index is 0.00674. The summed E-state index contributed by atoms with van der Waals surface area (Å²) in [6, 6.07) is 7.40. The van der Waals surface area contributed by atoms with Gasteiger partial charge < -0.3 is 23.8 Å². The lowest BCUT2D eigenvalue weighted by atomic mass is 9.90. The Hall–Kier alpha value is -2.55. The van der Waals surface area contributed by atoms with E-state index in [0.717, 1.165) is 49.0 Å². The van der Waals surface area contributed by atoms with Crippen LogP contribution in [-0.2, 0) is 25.5 Å². The summed E-state index contributed by atoms with van der Waals surface area (Å²) in [5, 5.41) is -0.00674. The van der Waals surface area contributed by atoms with Crippen LogP contribution < -0.4 is 4.74 Å². The van der Waals surface area contributed by atoms with E-state index in [4.69, 9.17) is 18.9 Å². The molecule has 1 aromatic rings. The van der Waals surface area contributed by atoms with Gasteiger partial charge >= 0.3 is 5.97 Å². The number of thioether (sulfide) groups is 1. The van der Waals surface area contributed by atoms with Crippen LogP contribution in [0.5, 0.6) is 5.75 Å². The molecule has 0 aromatic heterocycles. The lowest BCUT2D eigenvalue weighted by Crippen LogP contribution is -2.60. The second-order valence-corrected chi connectivity index (χ2v) is 11.1. The van der Waals surface area contributed by atoms with Crippen molar-refractivity contribution in [1.29, 1.82) is 0 Å².